The molecule has 428 valence electrons. The Morgan fingerprint density at radius 3 is 1.37 bits per heavy atom. The molecule has 2 rings (SSSR count). The summed E-state index contributed by atoms with van der Waals surface area (Å²) in [6, 6.07) is -0.911. The summed E-state index contributed by atoms with van der Waals surface area (Å²) in [5.74, 6) is -0.239. The van der Waals surface area contributed by atoms with Gasteiger partial charge in [-0.05, 0) is 51.4 Å². The van der Waals surface area contributed by atoms with Crippen LogP contribution in [0.2, 0.25) is 0 Å². The van der Waals surface area contributed by atoms with Crippen molar-refractivity contribution >= 4 is 5.91 Å². The first-order chi connectivity index (χ1) is 35.6. The van der Waals surface area contributed by atoms with Crippen LogP contribution in [0, 0.1) is 0 Å². The van der Waals surface area contributed by atoms with Gasteiger partial charge in [-0.3, -0.25) is 4.79 Å². The number of hydrogen-bond acceptors (Lipinski definition) is 13. The first-order valence-corrected chi connectivity index (χ1v) is 29.7. The molecule has 9 N–H and O–H groups in total. The Morgan fingerprint density at radius 2 is 0.904 bits per heavy atom. The van der Waals surface area contributed by atoms with E-state index in [0.29, 0.717) is 6.42 Å². The largest absolute Gasteiger partial charge is 0.394 e. The van der Waals surface area contributed by atoms with Crippen LogP contribution < -0.4 is 5.32 Å². The SMILES string of the molecule is CCCCCCC/C=C\C/C=C\CCCCCCCCCCCCCCCCCCCC(=O)NC(COC1OC(CO)C(OC2OC(CO)C(O)C(O)C2O)C(O)C1O)C(O)/C=C/CCCCCCCCCC. The van der Waals surface area contributed by atoms with E-state index in [2.05, 4.69) is 43.5 Å². The van der Waals surface area contributed by atoms with E-state index in [4.69, 9.17) is 18.9 Å². The highest BCUT2D eigenvalue weighted by Gasteiger charge is 2.51. The summed E-state index contributed by atoms with van der Waals surface area (Å²) >= 11 is 0. The number of aliphatic hydroxyl groups excluding tert-OH is 8. The molecule has 12 atom stereocenters. The van der Waals surface area contributed by atoms with Crippen LogP contribution in [0.3, 0.4) is 0 Å². The van der Waals surface area contributed by atoms with Crippen molar-refractivity contribution in [2.24, 2.45) is 0 Å². The van der Waals surface area contributed by atoms with Gasteiger partial charge in [-0.25, -0.2) is 0 Å². The number of amides is 1. The fourth-order valence-corrected chi connectivity index (χ4v) is 9.73. The zero-order chi connectivity index (χ0) is 53.2. The van der Waals surface area contributed by atoms with Crippen LogP contribution in [0.1, 0.15) is 239 Å². The van der Waals surface area contributed by atoms with Gasteiger partial charge in [0.05, 0.1) is 32.0 Å². The molecule has 2 fully saturated rings. The number of ether oxygens (including phenoxy) is 4. The predicted molar refractivity (Wildman–Crippen MR) is 291 cm³/mol. The third-order valence-electron chi connectivity index (χ3n) is 14.6. The molecule has 2 aliphatic rings. The summed E-state index contributed by atoms with van der Waals surface area (Å²) in [6.45, 7) is 2.76. The minimum atomic E-state index is -1.79. The molecule has 12 unspecified atom stereocenters. The second kappa shape index (κ2) is 45.3. The Bertz CT molecular complexity index is 1370. The van der Waals surface area contributed by atoms with E-state index in [9.17, 15) is 45.6 Å². The highest BCUT2D eigenvalue weighted by molar-refractivity contribution is 5.76. The maximum absolute atomic E-state index is 13.2. The van der Waals surface area contributed by atoms with Gasteiger partial charge in [-0.1, -0.05) is 217 Å². The second-order valence-corrected chi connectivity index (χ2v) is 21.1. The summed E-state index contributed by atoms with van der Waals surface area (Å²) in [7, 11) is 0. The van der Waals surface area contributed by atoms with Gasteiger partial charge in [-0.2, -0.15) is 0 Å². The minimum Gasteiger partial charge on any atom is -0.394 e. The topological polar surface area (TPSA) is 228 Å². The Hall–Kier alpha value is -1.79. The summed E-state index contributed by atoms with van der Waals surface area (Å²) in [6.07, 6.45) is 37.8. The van der Waals surface area contributed by atoms with Crippen LogP contribution >= 0.6 is 0 Å². The number of rotatable bonds is 47. The number of nitrogens with one attached hydrogen (secondary N) is 1. The molecule has 73 heavy (non-hydrogen) atoms. The summed E-state index contributed by atoms with van der Waals surface area (Å²) in [4.78, 5) is 13.2. The molecule has 0 aromatic carbocycles. The lowest BCUT2D eigenvalue weighted by Gasteiger charge is -2.46. The van der Waals surface area contributed by atoms with Crippen molar-refractivity contribution in [2.45, 2.75) is 312 Å². The summed E-state index contributed by atoms with van der Waals surface area (Å²) in [5.41, 5.74) is 0. The van der Waals surface area contributed by atoms with Gasteiger partial charge in [0.2, 0.25) is 5.91 Å². The van der Waals surface area contributed by atoms with Crippen molar-refractivity contribution in [3.05, 3.63) is 36.5 Å². The maximum Gasteiger partial charge on any atom is 0.220 e. The zero-order valence-electron chi connectivity index (χ0n) is 45.9. The normalized spacial score (nSPS) is 25.6. The third kappa shape index (κ3) is 31.3. The molecule has 0 radical (unpaired) electrons. The highest BCUT2D eigenvalue weighted by atomic mass is 16.7. The fraction of sp³-hybridized carbons (Fsp3) is 0.881. The fourth-order valence-electron chi connectivity index (χ4n) is 9.73. The number of carbonyl (C=O) groups excluding carboxylic acids is 1. The summed E-state index contributed by atoms with van der Waals surface area (Å²) in [5, 5.41) is 86.8. The molecule has 2 aliphatic heterocycles. The predicted octanol–water partition coefficient (Wildman–Crippen LogP) is 9.83. The van der Waals surface area contributed by atoms with Crippen molar-refractivity contribution in [3.63, 3.8) is 0 Å². The smallest absolute Gasteiger partial charge is 0.220 e. The molecule has 2 heterocycles. The third-order valence-corrected chi connectivity index (χ3v) is 14.6. The van der Waals surface area contributed by atoms with Crippen LogP contribution in [-0.4, -0.2) is 140 Å². The standard InChI is InChI=1S/C59H109NO13/c1-3-5-7-9-11-13-15-16-17-18-19-20-21-22-23-24-25-26-27-28-29-30-31-32-33-35-37-39-41-43-51(64)60-47(48(63)42-40-38-36-34-14-12-10-8-6-4-2)46-70-58-56(69)54(67)57(50(45-62)72-58)73-59-55(68)53(66)52(65)49(44-61)71-59/h15-16,18-19,40,42,47-50,52-59,61-63,65-69H,3-14,17,20-39,41,43-46H2,1-2H3,(H,60,64)/b16-15-,19-18-,42-40+. The van der Waals surface area contributed by atoms with Gasteiger partial charge >= 0.3 is 0 Å². The van der Waals surface area contributed by atoms with Gasteiger partial charge in [-0.15, -0.1) is 0 Å². The van der Waals surface area contributed by atoms with E-state index in [1.54, 1.807) is 6.08 Å². The molecular formula is C59H109NO13. The van der Waals surface area contributed by atoms with Gasteiger partial charge < -0.3 is 65.1 Å². The molecular weight excluding hydrogens is 931 g/mol. The lowest BCUT2D eigenvalue weighted by atomic mass is 9.97. The van der Waals surface area contributed by atoms with E-state index in [1.807, 2.05) is 6.08 Å². The van der Waals surface area contributed by atoms with Crippen LogP contribution in [-0.2, 0) is 23.7 Å². The van der Waals surface area contributed by atoms with Crippen LogP contribution in [0.4, 0.5) is 0 Å². The number of allylic oxidation sites excluding steroid dienone is 5. The number of hydrogen-bond donors (Lipinski definition) is 9. The number of aliphatic hydroxyl groups is 8. The average molecular weight is 1040 g/mol. The quantitative estimate of drug-likeness (QED) is 0.0205. The molecule has 0 spiro atoms. The van der Waals surface area contributed by atoms with Crippen molar-refractivity contribution in [1.82, 2.24) is 5.32 Å². The van der Waals surface area contributed by atoms with Crippen molar-refractivity contribution in [3.8, 4) is 0 Å². The molecule has 0 aliphatic carbocycles. The van der Waals surface area contributed by atoms with Gasteiger partial charge in [0.1, 0.15) is 48.8 Å². The monoisotopic (exact) mass is 1040 g/mol. The molecule has 2 saturated heterocycles. The number of carbonyl (C=O) groups is 1. The first-order valence-electron chi connectivity index (χ1n) is 29.7. The lowest BCUT2D eigenvalue weighted by molar-refractivity contribution is -0.359. The van der Waals surface area contributed by atoms with E-state index in [0.717, 1.165) is 44.9 Å². The Labute approximate surface area is 442 Å². The van der Waals surface area contributed by atoms with Crippen LogP contribution in [0.15, 0.2) is 36.5 Å². The van der Waals surface area contributed by atoms with Crippen molar-refractivity contribution in [1.29, 1.82) is 0 Å². The molecule has 0 saturated carbocycles. The molecule has 1 amide bonds. The molecule has 0 aromatic heterocycles. The van der Waals surface area contributed by atoms with E-state index < -0.39 is 86.8 Å². The molecule has 0 aromatic rings. The summed E-state index contributed by atoms with van der Waals surface area (Å²) < 4.78 is 22.7. The highest BCUT2D eigenvalue weighted by Crippen LogP contribution is 2.30. The lowest BCUT2D eigenvalue weighted by Crippen LogP contribution is -2.65. The first kappa shape index (κ1) is 67.3. The van der Waals surface area contributed by atoms with E-state index in [1.165, 1.54) is 167 Å². The van der Waals surface area contributed by atoms with Gasteiger partial charge in [0, 0.05) is 6.42 Å². The van der Waals surface area contributed by atoms with Crippen LogP contribution in [0.5, 0.6) is 0 Å². The zero-order valence-corrected chi connectivity index (χ0v) is 45.9. The second-order valence-electron chi connectivity index (χ2n) is 21.1. The van der Waals surface area contributed by atoms with E-state index >= 15 is 0 Å². The van der Waals surface area contributed by atoms with Gasteiger partial charge in [0.15, 0.2) is 12.6 Å². The van der Waals surface area contributed by atoms with E-state index in [-0.39, 0.29) is 18.9 Å². The van der Waals surface area contributed by atoms with Crippen molar-refractivity contribution in [2.75, 3.05) is 19.8 Å². The Kier molecular flexibility index (Phi) is 41.7. The average Bonchev–Trinajstić information content (AvgIpc) is 3.39. The Morgan fingerprint density at radius 1 is 0.493 bits per heavy atom. The molecule has 0 bridgehead atoms. The van der Waals surface area contributed by atoms with Gasteiger partial charge in [0.25, 0.3) is 0 Å². The van der Waals surface area contributed by atoms with Crippen LogP contribution in [0.25, 0.3) is 0 Å². The molecule has 14 nitrogen and oxygen atoms in total. The number of unbranched alkanes of at least 4 members (excludes halogenated alkanes) is 30. The minimum absolute atomic E-state index is 0.239. The van der Waals surface area contributed by atoms with Crippen molar-refractivity contribution < 1.29 is 64.6 Å². The maximum atomic E-state index is 13.2. The Balaban J connectivity index is 1.65. The molecule has 14 heteroatoms.